The quantitative estimate of drug-likeness (QED) is 0.748. The third kappa shape index (κ3) is 1.95. The molecule has 78 valence electrons. The van der Waals surface area contributed by atoms with Crippen LogP contribution in [0.1, 0.15) is 12.5 Å². The van der Waals surface area contributed by atoms with Gasteiger partial charge in [0.05, 0.1) is 17.7 Å². The zero-order valence-corrected chi connectivity index (χ0v) is 8.72. The topological polar surface area (TPSA) is 47.3 Å². The van der Waals surface area contributed by atoms with E-state index in [4.69, 9.17) is 5.26 Å². The first kappa shape index (κ1) is 10.0. The highest BCUT2D eigenvalue weighted by molar-refractivity contribution is 5.50. The van der Waals surface area contributed by atoms with Crippen LogP contribution in [-0.4, -0.2) is 24.3 Å². The lowest BCUT2D eigenvalue weighted by Crippen LogP contribution is -2.20. The number of benzene rings is 1. The molecule has 1 saturated heterocycles. The van der Waals surface area contributed by atoms with Crippen LogP contribution in [0.25, 0.3) is 0 Å². The summed E-state index contributed by atoms with van der Waals surface area (Å²) in [4.78, 5) is 2.15. The van der Waals surface area contributed by atoms with Crippen molar-refractivity contribution in [3.8, 4) is 6.07 Å². The van der Waals surface area contributed by atoms with Crippen LogP contribution in [0.15, 0.2) is 24.3 Å². The Labute approximate surface area is 89.6 Å². The maximum atomic E-state index is 9.64. The van der Waals surface area contributed by atoms with Crippen LogP contribution in [-0.2, 0) is 0 Å². The predicted octanol–water partition coefficient (Wildman–Crippen LogP) is 1.38. The number of aliphatic hydroxyl groups is 1. The van der Waals surface area contributed by atoms with Crippen LogP contribution >= 0.6 is 0 Å². The summed E-state index contributed by atoms with van der Waals surface area (Å²) in [5, 5.41) is 18.3. The Hall–Kier alpha value is -1.53. The van der Waals surface area contributed by atoms with Gasteiger partial charge in [0.15, 0.2) is 0 Å². The van der Waals surface area contributed by atoms with Gasteiger partial charge in [-0.25, -0.2) is 0 Å². The number of nitriles is 1. The van der Waals surface area contributed by atoms with Crippen molar-refractivity contribution in [2.24, 2.45) is 5.92 Å². The van der Waals surface area contributed by atoms with Crippen LogP contribution < -0.4 is 4.90 Å². The van der Waals surface area contributed by atoms with E-state index in [-0.39, 0.29) is 6.10 Å². The molecule has 0 saturated carbocycles. The zero-order valence-electron chi connectivity index (χ0n) is 8.72. The molecule has 1 aromatic carbocycles. The average Bonchev–Trinajstić information content (AvgIpc) is 2.59. The lowest BCUT2D eigenvalue weighted by molar-refractivity contribution is 0.157. The Kier molecular flexibility index (Phi) is 2.61. The number of anilines is 1. The highest BCUT2D eigenvalue weighted by Crippen LogP contribution is 2.23. The minimum atomic E-state index is -0.236. The number of aliphatic hydroxyl groups excluding tert-OH is 1. The van der Waals surface area contributed by atoms with E-state index in [2.05, 4.69) is 11.0 Å². The van der Waals surface area contributed by atoms with Crippen LogP contribution in [0.3, 0.4) is 0 Å². The van der Waals surface area contributed by atoms with Crippen molar-refractivity contribution in [2.45, 2.75) is 13.0 Å². The summed E-state index contributed by atoms with van der Waals surface area (Å²) in [6.07, 6.45) is -0.236. The van der Waals surface area contributed by atoms with Crippen LogP contribution in [0, 0.1) is 17.2 Å². The zero-order chi connectivity index (χ0) is 10.8. The van der Waals surface area contributed by atoms with Gasteiger partial charge in [-0.3, -0.25) is 0 Å². The van der Waals surface area contributed by atoms with Crippen molar-refractivity contribution in [3.63, 3.8) is 0 Å². The van der Waals surface area contributed by atoms with Gasteiger partial charge in [-0.1, -0.05) is 6.92 Å². The Morgan fingerprint density at radius 2 is 2.00 bits per heavy atom. The second kappa shape index (κ2) is 3.92. The lowest BCUT2D eigenvalue weighted by atomic mass is 10.1. The number of nitrogens with zero attached hydrogens (tertiary/aromatic N) is 2. The molecule has 1 aliphatic rings. The first-order chi connectivity index (χ1) is 7.20. The van der Waals surface area contributed by atoms with E-state index < -0.39 is 0 Å². The highest BCUT2D eigenvalue weighted by Gasteiger charge is 2.27. The van der Waals surface area contributed by atoms with Gasteiger partial charge in [0.25, 0.3) is 0 Å². The molecule has 1 aromatic rings. The minimum Gasteiger partial charge on any atom is -0.391 e. The second-order valence-electron chi connectivity index (χ2n) is 4.11. The van der Waals surface area contributed by atoms with Gasteiger partial charge in [0.1, 0.15) is 0 Å². The van der Waals surface area contributed by atoms with E-state index in [0.717, 1.165) is 12.2 Å². The molecule has 0 aliphatic carbocycles. The molecular weight excluding hydrogens is 188 g/mol. The van der Waals surface area contributed by atoms with Crippen molar-refractivity contribution in [1.29, 1.82) is 5.26 Å². The fourth-order valence-corrected chi connectivity index (χ4v) is 1.91. The SMILES string of the molecule is CC1CN(c2ccc(C#N)cc2)CC1O. The smallest absolute Gasteiger partial charge is 0.0991 e. The Morgan fingerprint density at radius 3 is 2.47 bits per heavy atom. The maximum Gasteiger partial charge on any atom is 0.0991 e. The summed E-state index contributed by atoms with van der Waals surface area (Å²) in [6, 6.07) is 9.58. The third-order valence-corrected chi connectivity index (χ3v) is 2.93. The number of rotatable bonds is 1. The van der Waals surface area contributed by atoms with Crippen molar-refractivity contribution >= 4 is 5.69 Å². The maximum absolute atomic E-state index is 9.64. The Morgan fingerprint density at radius 1 is 1.33 bits per heavy atom. The largest absolute Gasteiger partial charge is 0.391 e. The summed E-state index contributed by atoms with van der Waals surface area (Å²) in [5.74, 6) is 0.320. The monoisotopic (exact) mass is 202 g/mol. The predicted molar refractivity (Wildman–Crippen MR) is 58.5 cm³/mol. The van der Waals surface area contributed by atoms with Crippen LogP contribution in [0.2, 0.25) is 0 Å². The van der Waals surface area contributed by atoms with Crippen molar-refractivity contribution in [1.82, 2.24) is 0 Å². The summed E-state index contributed by atoms with van der Waals surface area (Å²) in [6.45, 7) is 3.62. The van der Waals surface area contributed by atoms with E-state index in [1.165, 1.54) is 0 Å². The van der Waals surface area contributed by atoms with E-state index in [0.29, 0.717) is 18.0 Å². The molecule has 2 rings (SSSR count). The fourth-order valence-electron chi connectivity index (χ4n) is 1.91. The van der Waals surface area contributed by atoms with Gasteiger partial charge in [0.2, 0.25) is 0 Å². The molecule has 0 radical (unpaired) electrons. The second-order valence-corrected chi connectivity index (χ2v) is 4.11. The van der Waals surface area contributed by atoms with Crippen molar-refractivity contribution in [2.75, 3.05) is 18.0 Å². The lowest BCUT2D eigenvalue weighted by Gasteiger charge is -2.17. The Bertz CT molecular complexity index is 370. The van der Waals surface area contributed by atoms with Gasteiger partial charge >= 0.3 is 0 Å². The van der Waals surface area contributed by atoms with E-state index >= 15 is 0 Å². The van der Waals surface area contributed by atoms with Crippen LogP contribution in [0.4, 0.5) is 5.69 Å². The first-order valence-corrected chi connectivity index (χ1v) is 5.14. The first-order valence-electron chi connectivity index (χ1n) is 5.14. The molecule has 0 amide bonds. The standard InChI is InChI=1S/C12H14N2O/c1-9-7-14(8-12(9)15)11-4-2-10(6-13)3-5-11/h2-5,9,12,15H,7-8H2,1H3. The summed E-state index contributed by atoms with van der Waals surface area (Å²) in [7, 11) is 0. The molecule has 1 heterocycles. The molecule has 2 unspecified atom stereocenters. The van der Waals surface area contributed by atoms with Gasteiger partial charge in [-0.05, 0) is 24.3 Å². The molecule has 0 bridgehead atoms. The van der Waals surface area contributed by atoms with Crippen LogP contribution in [0.5, 0.6) is 0 Å². The highest BCUT2D eigenvalue weighted by atomic mass is 16.3. The van der Waals surface area contributed by atoms with E-state index in [1.54, 1.807) is 0 Å². The minimum absolute atomic E-state index is 0.236. The molecule has 2 atom stereocenters. The third-order valence-electron chi connectivity index (χ3n) is 2.93. The normalized spacial score (nSPS) is 25.3. The molecule has 0 spiro atoms. The number of hydrogen-bond donors (Lipinski definition) is 1. The molecule has 15 heavy (non-hydrogen) atoms. The molecule has 3 nitrogen and oxygen atoms in total. The summed E-state index contributed by atoms with van der Waals surface area (Å²) < 4.78 is 0. The molecular formula is C12H14N2O. The summed E-state index contributed by atoms with van der Waals surface area (Å²) in [5.41, 5.74) is 1.75. The van der Waals surface area contributed by atoms with Crippen molar-refractivity contribution < 1.29 is 5.11 Å². The molecule has 3 heteroatoms. The number of hydrogen-bond acceptors (Lipinski definition) is 3. The van der Waals surface area contributed by atoms with Gasteiger partial charge in [-0.15, -0.1) is 0 Å². The van der Waals surface area contributed by atoms with Crippen molar-refractivity contribution in [3.05, 3.63) is 29.8 Å². The van der Waals surface area contributed by atoms with Gasteiger partial charge in [0, 0.05) is 24.7 Å². The van der Waals surface area contributed by atoms with E-state index in [9.17, 15) is 5.11 Å². The average molecular weight is 202 g/mol. The molecule has 0 aromatic heterocycles. The molecule has 1 N–H and O–H groups in total. The molecule has 1 aliphatic heterocycles. The molecule has 1 fully saturated rings. The Balaban J connectivity index is 2.14. The fraction of sp³-hybridized carbons (Fsp3) is 0.417. The van der Waals surface area contributed by atoms with Gasteiger partial charge < -0.3 is 10.0 Å². The van der Waals surface area contributed by atoms with Gasteiger partial charge in [-0.2, -0.15) is 5.26 Å². The number of β-amino-alcohol motifs (C(OH)–C–C–N with tert-alkyl or cyclic N) is 1. The summed E-state index contributed by atoms with van der Waals surface area (Å²) >= 11 is 0. The van der Waals surface area contributed by atoms with E-state index in [1.807, 2.05) is 31.2 Å².